The molecule has 0 radical (unpaired) electrons. The van der Waals surface area contributed by atoms with Gasteiger partial charge in [0, 0.05) is 28.7 Å². The average molecular weight is 265 g/mol. The molecule has 2 N–H and O–H groups in total. The molecule has 0 unspecified atom stereocenters. The molecule has 3 nitrogen and oxygen atoms in total. The highest BCUT2D eigenvalue weighted by Gasteiger charge is 2.08. The quantitative estimate of drug-likeness (QED) is 0.800. The van der Waals surface area contributed by atoms with E-state index in [-0.39, 0.29) is 5.91 Å². The third kappa shape index (κ3) is 3.05. The first-order chi connectivity index (χ1) is 8.70. The van der Waals surface area contributed by atoms with Gasteiger partial charge in [-0.15, -0.1) is 0 Å². The summed E-state index contributed by atoms with van der Waals surface area (Å²) in [5.41, 5.74) is 2.00. The lowest BCUT2D eigenvalue weighted by Gasteiger charge is -2.03. The van der Waals surface area contributed by atoms with Crippen molar-refractivity contribution < 1.29 is 4.79 Å². The van der Waals surface area contributed by atoms with Crippen LogP contribution in [0.1, 0.15) is 25.3 Å². The lowest BCUT2D eigenvalue weighted by molar-refractivity contribution is -0.120. The summed E-state index contributed by atoms with van der Waals surface area (Å²) in [6.07, 6.45) is 4.37. The molecule has 0 bridgehead atoms. The van der Waals surface area contributed by atoms with Gasteiger partial charge in [0.25, 0.3) is 0 Å². The predicted octanol–water partition coefficient (Wildman–Crippen LogP) is 3.28. The SMILES string of the molecule is CCCCNC(=O)Cc1c[nH]c2ccc(Cl)cc12. The first-order valence-electron chi connectivity index (χ1n) is 6.23. The van der Waals surface area contributed by atoms with Crippen molar-refractivity contribution >= 4 is 28.4 Å². The van der Waals surface area contributed by atoms with E-state index in [1.54, 1.807) is 0 Å². The molecule has 18 heavy (non-hydrogen) atoms. The van der Waals surface area contributed by atoms with Crippen LogP contribution in [0.15, 0.2) is 24.4 Å². The fourth-order valence-corrected chi connectivity index (χ4v) is 2.11. The number of halogens is 1. The van der Waals surface area contributed by atoms with E-state index in [4.69, 9.17) is 11.6 Å². The monoisotopic (exact) mass is 264 g/mol. The molecule has 96 valence electrons. The van der Waals surface area contributed by atoms with Gasteiger partial charge in [0.15, 0.2) is 0 Å². The molecular weight excluding hydrogens is 248 g/mol. The van der Waals surface area contributed by atoms with Gasteiger partial charge >= 0.3 is 0 Å². The molecule has 0 fully saturated rings. The summed E-state index contributed by atoms with van der Waals surface area (Å²) in [7, 11) is 0. The van der Waals surface area contributed by atoms with Crippen LogP contribution in [0.5, 0.6) is 0 Å². The molecule has 0 saturated heterocycles. The minimum atomic E-state index is 0.0596. The zero-order valence-electron chi connectivity index (χ0n) is 10.4. The molecule has 1 heterocycles. The van der Waals surface area contributed by atoms with E-state index in [2.05, 4.69) is 17.2 Å². The molecule has 1 aromatic carbocycles. The number of benzene rings is 1. The highest BCUT2D eigenvalue weighted by molar-refractivity contribution is 6.31. The van der Waals surface area contributed by atoms with Crippen molar-refractivity contribution in [3.05, 3.63) is 35.0 Å². The zero-order valence-corrected chi connectivity index (χ0v) is 11.2. The number of unbranched alkanes of at least 4 members (excludes halogenated alkanes) is 1. The number of nitrogens with one attached hydrogen (secondary N) is 2. The number of carbonyl (C=O) groups excluding carboxylic acids is 1. The topological polar surface area (TPSA) is 44.9 Å². The Morgan fingerprint density at radius 3 is 3.06 bits per heavy atom. The van der Waals surface area contributed by atoms with Gasteiger partial charge in [-0.1, -0.05) is 24.9 Å². The number of hydrogen-bond acceptors (Lipinski definition) is 1. The minimum Gasteiger partial charge on any atom is -0.361 e. The number of aromatic amines is 1. The zero-order chi connectivity index (χ0) is 13.0. The Morgan fingerprint density at radius 2 is 2.28 bits per heavy atom. The van der Waals surface area contributed by atoms with Crippen LogP contribution in [0.2, 0.25) is 5.02 Å². The van der Waals surface area contributed by atoms with Gasteiger partial charge in [-0.05, 0) is 30.2 Å². The third-order valence-electron chi connectivity index (χ3n) is 2.93. The standard InChI is InChI=1S/C14H17ClN2O/c1-2-3-6-16-14(18)7-10-9-17-13-5-4-11(15)8-12(10)13/h4-5,8-9,17H,2-3,6-7H2,1H3,(H,16,18). The maximum absolute atomic E-state index is 11.8. The van der Waals surface area contributed by atoms with Crippen LogP contribution in [0.25, 0.3) is 10.9 Å². The van der Waals surface area contributed by atoms with E-state index < -0.39 is 0 Å². The second-order valence-electron chi connectivity index (χ2n) is 4.38. The van der Waals surface area contributed by atoms with Crippen LogP contribution >= 0.6 is 11.6 Å². The van der Waals surface area contributed by atoms with E-state index in [1.807, 2.05) is 24.4 Å². The van der Waals surface area contributed by atoms with Crippen molar-refractivity contribution in [2.45, 2.75) is 26.2 Å². The molecule has 2 rings (SSSR count). The number of H-pyrrole nitrogens is 1. The van der Waals surface area contributed by atoms with Gasteiger partial charge < -0.3 is 10.3 Å². The number of aromatic nitrogens is 1. The van der Waals surface area contributed by atoms with Crippen LogP contribution in [0.3, 0.4) is 0 Å². The highest BCUT2D eigenvalue weighted by Crippen LogP contribution is 2.22. The lowest BCUT2D eigenvalue weighted by atomic mass is 10.1. The first-order valence-corrected chi connectivity index (χ1v) is 6.60. The maximum Gasteiger partial charge on any atom is 0.224 e. The molecule has 0 aliphatic carbocycles. The minimum absolute atomic E-state index is 0.0596. The fraction of sp³-hybridized carbons (Fsp3) is 0.357. The number of rotatable bonds is 5. The van der Waals surface area contributed by atoms with E-state index in [0.717, 1.165) is 35.9 Å². The molecule has 1 amide bonds. The largest absolute Gasteiger partial charge is 0.361 e. The average Bonchev–Trinajstić information content (AvgIpc) is 2.72. The fourth-order valence-electron chi connectivity index (χ4n) is 1.94. The Labute approximate surface area is 112 Å². The molecule has 4 heteroatoms. The van der Waals surface area contributed by atoms with Crippen LogP contribution in [-0.2, 0) is 11.2 Å². The Bertz CT molecular complexity index is 548. The molecular formula is C14H17ClN2O. The summed E-state index contributed by atoms with van der Waals surface area (Å²) >= 11 is 5.97. The molecule has 0 aliphatic rings. The Balaban J connectivity index is 2.07. The summed E-state index contributed by atoms with van der Waals surface area (Å²) in [6.45, 7) is 2.85. The Morgan fingerprint density at radius 1 is 1.44 bits per heavy atom. The predicted molar refractivity (Wildman–Crippen MR) is 74.9 cm³/mol. The van der Waals surface area contributed by atoms with Crippen LogP contribution in [-0.4, -0.2) is 17.4 Å². The summed E-state index contributed by atoms with van der Waals surface area (Å²) in [6, 6.07) is 5.66. The number of carbonyl (C=O) groups is 1. The van der Waals surface area contributed by atoms with Gasteiger partial charge in [0.2, 0.25) is 5.91 Å². The summed E-state index contributed by atoms with van der Waals surface area (Å²) in [5.74, 6) is 0.0596. The molecule has 0 atom stereocenters. The van der Waals surface area contributed by atoms with Crippen molar-refractivity contribution in [1.29, 1.82) is 0 Å². The van der Waals surface area contributed by atoms with Gasteiger partial charge in [0.1, 0.15) is 0 Å². The summed E-state index contributed by atoms with van der Waals surface area (Å²) in [4.78, 5) is 14.9. The van der Waals surface area contributed by atoms with E-state index in [1.165, 1.54) is 0 Å². The highest BCUT2D eigenvalue weighted by atomic mass is 35.5. The smallest absolute Gasteiger partial charge is 0.224 e. The molecule has 0 saturated carbocycles. The van der Waals surface area contributed by atoms with Crippen LogP contribution < -0.4 is 5.32 Å². The summed E-state index contributed by atoms with van der Waals surface area (Å²) < 4.78 is 0. The second-order valence-corrected chi connectivity index (χ2v) is 4.82. The molecule has 1 aromatic heterocycles. The Hall–Kier alpha value is -1.48. The number of amides is 1. The van der Waals surface area contributed by atoms with E-state index in [9.17, 15) is 4.79 Å². The summed E-state index contributed by atoms with van der Waals surface area (Å²) in [5, 5.41) is 4.63. The maximum atomic E-state index is 11.8. The molecule has 0 aliphatic heterocycles. The van der Waals surface area contributed by atoms with Crippen molar-refractivity contribution in [2.24, 2.45) is 0 Å². The van der Waals surface area contributed by atoms with Crippen molar-refractivity contribution in [3.8, 4) is 0 Å². The van der Waals surface area contributed by atoms with Crippen LogP contribution in [0.4, 0.5) is 0 Å². The normalized spacial score (nSPS) is 10.8. The third-order valence-corrected chi connectivity index (χ3v) is 3.17. The molecule has 2 aromatic rings. The number of fused-ring (bicyclic) bond motifs is 1. The second kappa shape index (κ2) is 5.91. The molecule has 0 spiro atoms. The van der Waals surface area contributed by atoms with Gasteiger partial charge in [0.05, 0.1) is 6.42 Å². The van der Waals surface area contributed by atoms with Crippen LogP contribution in [0, 0.1) is 0 Å². The van der Waals surface area contributed by atoms with Gasteiger partial charge in [-0.2, -0.15) is 0 Å². The van der Waals surface area contributed by atoms with E-state index >= 15 is 0 Å². The Kier molecular flexibility index (Phi) is 4.26. The van der Waals surface area contributed by atoms with Crippen molar-refractivity contribution in [1.82, 2.24) is 10.3 Å². The number of hydrogen-bond donors (Lipinski definition) is 2. The lowest BCUT2D eigenvalue weighted by Crippen LogP contribution is -2.25. The van der Waals surface area contributed by atoms with Gasteiger partial charge in [-0.25, -0.2) is 0 Å². The van der Waals surface area contributed by atoms with Crippen molar-refractivity contribution in [2.75, 3.05) is 6.54 Å². The van der Waals surface area contributed by atoms with Gasteiger partial charge in [-0.3, -0.25) is 4.79 Å². The first kappa shape index (κ1) is 13.0. The van der Waals surface area contributed by atoms with E-state index in [0.29, 0.717) is 11.4 Å². The van der Waals surface area contributed by atoms with Crippen molar-refractivity contribution in [3.63, 3.8) is 0 Å².